The zero-order chi connectivity index (χ0) is 16.0. The van der Waals surface area contributed by atoms with E-state index in [9.17, 15) is 4.79 Å². The lowest BCUT2D eigenvalue weighted by Gasteiger charge is -2.02. The number of ether oxygens (including phenoxy) is 1. The molecule has 1 aromatic rings. The molecule has 1 heterocycles. The van der Waals surface area contributed by atoms with E-state index in [0.29, 0.717) is 6.42 Å². The van der Waals surface area contributed by atoms with Crippen molar-refractivity contribution in [3.8, 4) is 0 Å². The van der Waals surface area contributed by atoms with Crippen LogP contribution in [0.1, 0.15) is 82.7 Å². The summed E-state index contributed by atoms with van der Waals surface area (Å²) in [5.41, 5.74) is 0. The first-order valence-corrected chi connectivity index (χ1v) is 8.90. The number of rotatable bonds is 13. The number of methoxy groups -OCH3 is 1. The van der Waals surface area contributed by atoms with Crippen molar-refractivity contribution in [1.29, 1.82) is 0 Å². The van der Waals surface area contributed by atoms with E-state index in [-0.39, 0.29) is 5.97 Å². The number of hydrogen-bond acceptors (Lipinski definition) is 3. The Morgan fingerprint density at radius 1 is 0.909 bits per heavy atom. The molecule has 0 unspecified atom stereocenters. The summed E-state index contributed by atoms with van der Waals surface area (Å²) in [5, 5.41) is 0. The molecule has 0 saturated heterocycles. The maximum Gasteiger partial charge on any atom is 0.305 e. The zero-order valence-electron chi connectivity index (χ0n) is 14.4. The molecule has 0 bridgehead atoms. The van der Waals surface area contributed by atoms with E-state index < -0.39 is 0 Å². The van der Waals surface area contributed by atoms with Crippen molar-refractivity contribution in [3.63, 3.8) is 0 Å². The summed E-state index contributed by atoms with van der Waals surface area (Å²) < 4.78 is 10.3. The Morgan fingerprint density at radius 2 is 1.45 bits per heavy atom. The van der Waals surface area contributed by atoms with Crippen molar-refractivity contribution in [2.45, 2.75) is 84.0 Å². The average Bonchev–Trinajstić information content (AvgIpc) is 3.00. The molecule has 0 atom stereocenters. The van der Waals surface area contributed by atoms with E-state index in [2.05, 4.69) is 23.8 Å². The predicted molar refractivity (Wildman–Crippen MR) is 90.0 cm³/mol. The van der Waals surface area contributed by atoms with Gasteiger partial charge >= 0.3 is 5.97 Å². The molecule has 0 amide bonds. The quantitative estimate of drug-likeness (QED) is 0.359. The van der Waals surface area contributed by atoms with E-state index in [1.165, 1.54) is 52.1 Å². The van der Waals surface area contributed by atoms with Gasteiger partial charge in [-0.05, 0) is 25.0 Å². The average molecular weight is 308 g/mol. The van der Waals surface area contributed by atoms with Crippen molar-refractivity contribution < 1.29 is 13.9 Å². The van der Waals surface area contributed by atoms with Crippen LogP contribution in [0.4, 0.5) is 0 Å². The van der Waals surface area contributed by atoms with Crippen LogP contribution in [0.25, 0.3) is 0 Å². The molecule has 0 N–H and O–H groups in total. The number of carbonyl (C=O) groups is 1. The third kappa shape index (κ3) is 8.91. The first kappa shape index (κ1) is 18.8. The van der Waals surface area contributed by atoms with Crippen LogP contribution < -0.4 is 0 Å². The SMILES string of the molecule is CCc1ccc(CCCCCCCCCCCC(=O)OC)o1. The van der Waals surface area contributed by atoms with Crippen molar-refractivity contribution in [1.82, 2.24) is 0 Å². The molecule has 0 saturated carbocycles. The fraction of sp³-hybridized carbons (Fsp3) is 0.737. The lowest BCUT2D eigenvalue weighted by molar-refractivity contribution is -0.140. The maximum absolute atomic E-state index is 10.9. The Hall–Kier alpha value is -1.25. The van der Waals surface area contributed by atoms with Gasteiger partial charge in [-0.15, -0.1) is 0 Å². The molecule has 0 aromatic carbocycles. The Kier molecular flexibility index (Phi) is 10.5. The third-order valence-electron chi connectivity index (χ3n) is 4.10. The summed E-state index contributed by atoms with van der Waals surface area (Å²) in [5.74, 6) is 2.16. The van der Waals surface area contributed by atoms with E-state index in [0.717, 1.165) is 37.2 Å². The topological polar surface area (TPSA) is 39.4 Å². The van der Waals surface area contributed by atoms with Crippen LogP contribution in [0.5, 0.6) is 0 Å². The second-order valence-electron chi connectivity index (χ2n) is 5.98. The van der Waals surface area contributed by atoms with Crippen molar-refractivity contribution >= 4 is 5.97 Å². The molecule has 0 radical (unpaired) electrons. The van der Waals surface area contributed by atoms with Gasteiger partial charge in [0.15, 0.2) is 0 Å². The van der Waals surface area contributed by atoms with Crippen LogP contribution >= 0.6 is 0 Å². The van der Waals surface area contributed by atoms with E-state index >= 15 is 0 Å². The second-order valence-corrected chi connectivity index (χ2v) is 5.98. The van der Waals surface area contributed by atoms with Crippen molar-refractivity contribution in [3.05, 3.63) is 23.7 Å². The van der Waals surface area contributed by atoms with Crippen molar-refractivity contribution in [2.24, 2.45) is 0 Å². The van der Waals surface area contributed by atoms with Crippen LogP contribution in [-0.2, 0) is 22.4 Å². The Morgan fingerprint density at radius 3 is 2.00 bits per heavy atom. The largest absolute Gasteiger partial charge is 0.469 e. The van der Waals surface area contributed by atoms with Crippen LogP contribution in [0.2, 0.25) is 0 Å². The van der Waals surface area contributed by atoms with Gasteiger partial charge < -0.3 is 9.15 Å². The van der Waals surface area contributed by atoms with Gasteiger partial charge in [-0.2, -0.15) is 0 Å². The molecule has 3 heteroatoms. The number of aryl methyl sites for hydroxylation is 2. The predicted octanol–water partition coefficient (Wildman–Crippen LogP) is 5.46. The highest BCUT2D eigenvalue weighted by Gasteiger charge is 2.01. The fourth-order valence-corrected chi connectivity index (χ4v) is 2.65. The van der Waals surface area contributed by atoms with Gasteiger partial charge in [0.05, 0.1) is 7.11 Å². The summed E-state index contributed by atoms with van der Waals surface area (Å²) >= 11 is 0. The molecular formula is C19H32O3. The van der Waals surface area contributed by atoms with Gasteiger partial charge in [-0.1, -0.05) is 51.9 Å². The first-order chi connectivity index (χ1) is 10.8. The molecule has 1 rings (SSSR count). The van der Waals surface area contributed by atoms with Gasteiger partial charge in [0.25, 0.3) is 0 Å². The Balaban J connectivity index is 1.82. The number of furan rings is 1. The minimum Gasteiger partial charge on any atom is -0.469 e. The van der Waals surface area contributed by atoms with Gasteiger partial charge in [0, 0.05) is 19.3 Å². The van der Waals surface area contributed by atoms with Gasteiger partial charge in [-0.3, -0.25) is 4.79 Å². The van der Waals surface area contributed by atoms with E-state index in [1.807, 2.05) is 0 Å². The molecule has 0 aliphatic carbocycles. The molecule has 1 aromatic heterocycles. The van der Waals surface area contributed by atoms with E-state index in [1.54, 1.807) is 0 Å². The zero-order valence-corrected chi connectivity index (χ0v) is 14.4. The van der Waals surface area contributed by atoms with Crippen LogP contribution in [0, 0.1) is 0 Å². The van der Waals surface area contributed by atoms with E-state index in [4.69, 9.17) is 4.42 Å². The minimum absolute atomic E-state index is 0.0809. The van der Waals surface area contributed by atoms with Gasteiger partial charge in [0.2, 0.25) is 0 Å². The van der Waals surface area contributed by atoms with Crippen molar-refractivity contribution in [2.75, 3.05) is 7.11 Å². The van der Waals surface area contributed by atoms with Gasteiger partial charge in [-0.25, -0.2) is 0 Å². The Labute approximate surface area is 135 Å². The first-order valence-electron chi connectivity index (χ1n) is 8.90. The minimum atomic E-state index is -0.0809. The van der Waals surface area contributed by atoms with Gasteiger partial charge in [0.1, 0.15) is 11.5 Å². The molecule has 0 fully saturated rings. The molecule has 0 aliphatic rings. The molecule has 0 spiro atoms. The standard InChI is InChI=1S/C19H32O3/c1-3-17-15-16-18(22-17)13-11-9-7-5-4-6-8-10-12-14-19(20)21-2/h15-16H,3-14H2,1-2H3. The molecule has 0 aliphatic heterocycles. The highest BCUT2D eigenvalue weighted by atomic mass is 16.5. The summed E-state index contributed by atoms with van der Waals surface area (Å²) in [6.45, 7) is 2.12. The molecule has 3 nitrogen and oxygen atoms in total. The molecule has 22 heavy (non-hydrogen) atoms. The molecular weight excluding hydrogens is 276 g/mol. The summed E-state index contributed by atoms with van der Waals surface area (Å²) in [6, 6.07) is 4.21. The lowest BCUT2D eigenvalue weighted by atomic mass is 10.1. The highest BCUT2D eigenvalue weighted by molar-refractivity contribution is 5.68. The normalized spacial score (nSPS) is 10.8. The number of carbonyl (C=O) groups excluding carboxylic acids is 1. The number of esters is 1. The summed E-state index contributed by atoms with van der Waals surface area (Å²) in [7, 11) is 1.46. The lowest BCUT2D eigenvalue weighted by Crippen LogP contribution is -1.99. The third-order valence-corrected chi connectivity index (χ3v) is 4.10. The summed E-state index contributed by atoms with van der Waals surface area (Å²) in [6.07, 6.45) is 13.8. The summed E-state index contributed by atoms with van der Waals surface area (Å²) in [4.78, 5) is 10.9. The maximum atomic E-state index is 10.9. The second kappa shape index (κ2) is 12.3. The number of hydrogen-bond donors (Lipinski definition) is 0. The fourth-order valence-electron chi connectivity index (χ4n) is 2.65. The monoisotopic (exact) mass is 308 g/mol. The van der Waals surface area contributed by atoms with Crippen LogP contribution in [-0.4, -0.2) is 13.1 Å². The number of unbranched alkanes of at least 4 members (excludes halogenated alkanes) is 8. The highest BCUT2D eigenvalue weighted by Crippen LogP contribution is 2.14. The smallest absolute Gasteiger partial charge is 0.305 e. The van der Waals surface area contributed by atoms with Crippen LogP contribution in [0.3, 0.4) is 0 Å². The molecule has 126 valence electrons. The van der Waals surface area contributed by atoms with Crippen LogP contribution in [0.15, 0.2) is 16.5 Å². The Bertz CT molecular complexity index is 395.